The Morgan fingerprint density at radius 3 is 2.41 bits per heavy atom. The number of methoxy groups -OCH3 is 1. The molecule has 0 spiro atoms. The number of hydrogen-bond acceptors (Lipinski definition) is 4. The minimum Gasteiger partial charge on any atom is -0.497 e. The summed E-state index contributed by atoms with van der Waals surface area (Å²) in [5.74, 6) is 0.261. The molecular formula is C21H32N4O4. The molecule has 0 saturated heterocycles. The number of carbonyl (C=O) groups is 3. The average molecular weight is 405 g/mol. The number of likely N-dealkylation sites (N-methyl/N-ethyl adjacent to an activating group) is 1. The molecule has 0 atom stereocenters. The molecule has 160 valence electrons. The summed E-state index contributed by atoms with van der Waals surface area (Å²) in [6.07, 6.45) is 5.70. The van der Waals surface area contributed by atoms with Gasteiger partial charge in [-0.1, -0.05) is 19.3 Å². The van der Waals surface area contributed by atoms with Gasteiger partial charge in [0.25, 0.3) is 0 Å². The Morgan fingerprint density at radius 1 is 1.10 bits per heavy atom. The number of anilines is 1. The molecule has 0 unspecified atom stereocenters. The van der Waals surface area contributed by atoms with Crippen molar-refractivity contribution in [3.8, 4) is 5.75 Å². The highest BCUT2D eigenvalue weighted by atomic mass is 16.5. The molecule has 8 nitrogen and oxygen atoms in total. The van der Waals surface area contributed by atoms with Crippen LogP contribution in [0.2, 0.25) is 0 Å². The summed E-state index contributed by atoms with van der Waals surface area (Å²) in [5, 5.41) is 8.45. The molecule has 0 aromatic heterocycles. The van der Waals surface area contributed by atoms with Gasteiger partial charge in [-0.2, -0.15) is 0 Å². The highest BCUT2D eigenvalue weighted by Gasteiger charge is 2.17. The molecule has 8 heteroatoms. The van der Waals surface area contributed by atoms with Gasteiger partial charge in [0.05, 0.1) is 13.7 Å². The minimum atomic E-state index is -0.270. The van der Waals surface area contributed by atoms with E-state index in [9.17, 15) is 14.4 Å². The van der Waals surface area contributed by atoms with Crippen molar-refractivity contribution in [3.05, 3.63) is 24.3 Å². The van der Waals surface area contributed by atoms with Crippen molar-refractivity contribution in [2.24, 2.45) is 0 Å². The van der Waals surface area contributed by atoms with Crippen LogP contribution in [0, 0.1) is 0 Å². The summed E-state index contributed by atoms with van der Waals surface area (Å²) in [6, 6.07) is 6.98. The highest BCUT2D eigenvalue weighted by Crippen LogP contribution is 2.17. The molecule has 1 fully saturated rings. The zero-order valence-electron chi connectivity index (χ0n) is 17.3. The first-order valence-electron chi connectivity index (χ1n) is 10.3. The van der Waals surface area contributed by atoms with Gasteiger partial charge >= 0.3 is 6.03 Å². The smallest absolute Gasteiger partial charge is 0.315 e. The molecule has 29 heavy (non-hydrogen) atoms. The fourth-order valence-corrected chi connectivity index (χ4v) is 3.35. The zero-order valence-corrected chi connectivity index (χ0v) is 17.3. The quantitative estimate of drug-likeness (QED) is 0.589. The van der Waals surface area contributed by atoms with Crippen molar-refractivity contribution in [1.82, 2.24) is 15.5 Å². The van der Waals surface area contributed by atoms with E-state index in [1.807, 2.05) is 6.92 Å². The van der Waals surface area contributed by atoms with E-state index < -0.39 is 0 Å². The van der Waals surface area contributed by atoms with Crippen molar-refractivity contribution in [2.45, 2.75) is 51.5 Å². The Balaban J connectivity index is 1.69. The third-order valence-electron chi connectivity index (χ3n) is 5.01. The fourth-order valence-electron chi connectivity index (χ4n) is 3.35. The summed E-state index contributed by atoms with van der Waals surface area (Å²) < 4.78 is 5.08. The standard InChI is InChI=1S/C21H32N4O4/c1-3-25(15-19(26)23-17-9-11-18(29-2)12-10-17)20(27)13-14-22-21(28)24-16-7-5-4-6-8-16/h9-12,16H,3-8,13-15H2,1-2H3,(H,23,26)(H2,22,24,28). The van der Waals surface area contributed by atoms with E-state index >= 15 is 0 Å². The van der Waals surface area contributed by atoms with E-state index in [1.165, 1.54) is 11.3 Å². The van der Waals surface area contributed by atoms with Gasteiger partial charge in [-0.05, 0) is 44.0 Å². The van der Waals surface area contributed by atoms with E-state index in [2.05, 4.69) is 16.0 Å². The van der Waals surface area contributed by atoms with Gasteiger partial charge < -0.3 is 25.6 Å². The van der Waals surface area contributed by atoms with Crippen molar-refractivity contribution < 1.29 is 19.1 Å². The van der Waals surface area contributed by atoms with Crippen molar-refractivity contribution in [1.29, 1.82) is 0 Å². The monoisotopic (exact) mass is 404 g/mol. The van der Waals surface area contributed by atoms with E-state index in [4.69, 9.17) is 4.74 Å². The number of nitrogens with zero attached hydrogens (tertiary/aromatic N) is 1. The van der Waals surface area contributed by atoms with E-state index in [0.29, 0.717) is 18.0 Å². The fraction of sp³-hybridized carbons (Fsp3) is 0.571. The number of hydrogen-bond donors (Lipinski definition) is 3. The number of ether oxygens (including phenoxy) is 1. The highest BCUT2D eigenvalue weighted by molar-refractivity contribution is 5.94. The van der Waals surface area contributed by atoms with Crippen LogP contribution in [0.1, 0.15) is 45.4 Å². The van der Waals surface area contributed by atoms with Gasteiger partial charge in [0.1, 0.15) is 5.75 Å². The van der Waals surface area contributed by atoms with Crippen molar-refractivity contribution in [3.63, 3.8) is 0 Å². The molecular weight excluding hydrogens is 372 g/mol. The summed E-state index contributed by atoms with van der Waals surface area (Å²) in [6.45, 7) is 2.45. The Kier molecular flexibility index (Phi) is 9.27. The predicted molar refractivity (Wildman–Crippen MR) is 112 cm³/mol. The third kappa shape index (κ3) is 8.01. The van der Waals surface area contributed by atoms with Crippen molar-refractivity contribution in [2.75, 3.05) is 32.1 Å². The van der Waals surface area contributed by atoms with Crippen LogP contribution in [0.15, 0.2) is 24.3 Å². The number of nitrogens with one attached hydrogen (secondary N) is 3. The second-order valence-electron chi connectivity index (χ2n) is 7.17. The normalized spacial score (nSPS) is 14.0. The Morgan fingerprint density at radius 2 is 1.79 bits per heavy atom. The Labute approximate surface area is 172 Å². The maximum absolute atomic E-state index is 12.4. The predicted octanol–water partition coefficient (Wildman–Crippen LogP) is 2.50. The van der Waals surface area contributed by atoms with E-state index in [-0.39, 0.29) is 43.4 Å². The molecule has 0 aliphatic heterocycles. The first kappa shape index (κ1) is 22.5. The molecule has 0 heterocycles. The average Bonchev–Trinajstić information content (AvgIpc) is 2.73. The van der Waals surface area contributed by atoms with E-state index in [0.717, 1.165) is 25.7 Å². The van der Waals surface area contributed by atoms with Crippen molar-refractivity contribution >= 4 is 23.5 Å². The zero-order chi connectivity index (χ0) is 21.1. The minimum absolute atomic E-state index is 0.0321. The molecule has 4 amide bonds. The first-order chi connectivity index (χ1) is 14.0. The van der Waals surface area contributed by atoms with E-state index in [1.54, 1.807) is 31.4 Å². The van der Waals surface area contributed by atoms with Gasteiger partial charge in [0.15, 0.2) is 0 Å². The summed E-state index contributed by atoms with van der Waals surface area (Å²) >= 11 is 0. The third-order valence-corrected chi connectivity index (χ3v) is 5.01. The SMILES string of the molecule is CCN(CC(=O)Nc1ccc(OC)cc1)C(=O)CCNC(=O)NC1CCCCC1. The summed E-state index contributed by atoms with van der Waals surface area (Å²) in [7, 11) is 1.58. The molecule has 1 aromatic rings. The number of rotatable bonds is 9. The van der Waals surface area contributed by atoms with Crippen LogP contribution >= 0.6 is 0 Å². The first-order valence-corrected chi connectivity index (χ1v) is 10.3. The van der Waals surface area contributed by atoms with Crippen LogP contribution < -0.4 is 20.7 Å². The second kappa shape index (κ2) is 11.9. The Hall–Kier alpha value is -2.77. The molecule has 2 rings (SSSR count). The molecule has 1 aliphatic rings. The lowest BCUT2D eigenvalue weighted by atomic mass is 9.96. The molecule has 0 bridgehead atoms. The number of benzene rings is 1. The second-order valence-corrected chi connectivity index (χ2v) is 7.17. The summed E-state index contributed by atoms with van der Waals surface area (Å²) in [5.41, 5.74) is 0.639. The lowest BCUT2D eigenvalue weighted by Gasteiger charge is -2.23. The molecule has 1 saturated carbocycles. The van der Waals surface area contributed by atoms with Crippen LogP contribution in [0.25, 0.3) is 0 Å². The molecule has 1 aliphatic carbocycles. The maximum atomic E-state index is 12.4. The van der Waals surface area contributed by atoms with Gasteiger partial charge in [-0.25, -0.2) is 4.79 Å². The van der Waals surface area contributed by atoms with Crippen LogP contribution in [-0.2, 0) is 9.59 Å². The number of urea groups is 1. The van der Waals surface area contributed by atoms with Crippen LogP contribution in [-0.4, -0.2) is 55.5 Å². The molecule has 1 aromatic carbocycles. The van der Waals surface area contributed by atoms with Crippen LogP contribution in [0.3, 0.4) is 0 Å². The van der Waals surface area contributed by atoms with Gasteiger partial charge in [0.2, 0.25) is 11.8 Å². The largest absolute Gasteiger partial charge is 0.497 e. The lowest BCUT2D eigenvalue weighted by molar-refractivity contribution is -0.134. The topological polar surface area (TPSA) is 99.8 Å². The Bertz CT molecular complexity index is 672. The molecule has 0 radical (unpaired) electrons. The van der Waals surface area contributed by atoms with Gasteiger partial charge in [0, 0.05) is 31.2 Å². The van der Waals surface area contributed by atoms with Gasteiger partial charge in [-0.15, -0.1) is 0 Å². The number of carbonyl (C=O) groups excluding carboxylic acids is 3. The van der Waals surface area contributed by atoms with Gasteiger partial charge in [-0.3, -0.25) is 9.59 Å². The lowest BCUT2D eigenvalue weighted by Crippen LogP contribution is -2.44. The molecule has 3 N–H and O–H groups in total. The maximum Gasteiger partial charge on any atom is 0.315 e. The number of amides is 4. The summed E-state index contributed by atoms with van der Waals surface area (Å²) in [4.78, 5) is 38.0. The van der Waals surface area contributed by atoms with Crippen LogP contribution in [0.4, 0.5) is 10.5 Å². The van der Waals surface area contributed by atoms with Crippen LogP contribution in [0.5, 0.6) is 5.75 Å².